The third-order valence-electron chi connectivity index (χ3n) is 4.68. The number of para-hydroxylation sites is 2. The molecule has 4 heteroatoms. The van der Waals surface area contributed by atoms with Gasteiger partial charge in [0.15, 0.2) is 11.0 Å². The Morgan fingerprint density at radius 1 is 1.40 bits per heavy atom. The lowest BCUT2D eigenvalue weighted by atomic mass is 9.69. The van der Waals surface area contributed by atoms with Gasteiger partial charge < -0.3 is 9.90 Å². The van der Waals surface area contributed by atoms with Gasteiger partial charge in [0, 0.05) is 11.4 Å². The largest absolute Gasteiger partial charge is 0.550 e. The van der Waals surface area contributed by atoms with Crippen molar-refractivity contribution in [2.45, 2.75) is 39.0 Å². The molecule has 1 saturated carbocycles. The molecule has 0 radical (unpaired) electrons. The molecule has 2 aromatic rings. The molecule has 0 unspecified atom stereocenters. The fourth-order valence-electron chi connectivity index (χ4n) is 3.25. The number of fused-ring (bicyclic) bond motifs is 1. The number of carbonyl (C=O) groups is 1. The Morgan fingerprint density at radius 2 is 2.10 bits per heavy atom. The van der Waals surface area contributed by atoms with Crippen LogP contribution >= 0.6 is 0 Å². The molecule has 4 nitrogen and oxygen atoms in total. The van der Waals surface area contributed by atoms with Gasteiger partial charge in [-0.15, -0.1) is 0 Å². The molecule has 1 aromatic heterocycles. The monoisotopic (exact) mass is 272 g/mol. The van der Waals surface area contributed by atoms with Crippen LogP contribution in [0.25, 0.3) is 11.0 Å². The summed E-state index contributed by atoms with van der Waals surface area (Å²) in [7, 11) is 0. The van der Waals surface area contributed by atoms with Gasteiger partial charge in [-0.2, -0.15) is 0 Å². The summed E-state index contributed by atoms with van der Waals surface area (Å²) in [5.41, 5.74) is 1.31. The Balaban J connectivity index is 1.88. The number of carboxylic acids is 1. The van der Waals surface area contributed by atoms with Crippen molar-refractivity contribution in [3.63, 3.8) is 0 Å². The fraction of sp³-hybridized carbons (Fsp3) is 0.500. The van der Waals surface area contributed by atoms with Crippen molar-refractivity contribution < 1.29 is 14.9 Å². The van der Waals surface area contributed by atoms with Crippen LogP contribution in [0, 0.1) is 11.3 Å². The first kappa shape index (κ1) is 13.2. The van der Waals surface area contributed by atoms with E-state index in [0.29, 0.717) is 25.2 Å². The first-order chi connectivity index (χ1) is 9.59. The number of nitrogens with one attached hydrogen (secondary N) is 2. The number of aliphatic carboxylic acids is 1. The molecule has 1 aliphatic carbocycles. The van der Waals surface area contributed by atoms with E-state index < -0.39 is 11.4 Å². The number of H-pyrrole nitrogens is 2. The van der Waals surface area contributed by atoms with E-state index in [1.165, 1.54) is 0 Å². The summed E-state index contributed by atoms with van der Waals surface area (Å²) >= 11 is 0. The van der Waals surface area contributed by atoms with Crippen LogP contribution in [0.3, 0.4) is 0 Å². The second kappa shape index (κ2) is 4.93. The third-order valence-corrected chi connectivity index (χ3v) is 4.68. The van der Waals surface area contributed by atoms with Gasteiger partial charge in [0.2, 0.25) is 0 Å². The third kappa shape index (κ3) is 2.30. The summed E-state index contributed by atoms with van der Waals surface area (Å²) < 4.78 is 0. The van der Waals surface area contributed by atoms with Crippen molar-refractivity contribution in [1.82, 2.24) is 4.98 Å². The quantitative estimate of drug-likeness (QED) is 0.919. The zero-order chi connectivity index (χ0) is 14.2. The molecule has 0 atom stereocenters. The fourth-order valence-corrected chi connectivity index (χ4v) is 3.25. The van der Waals surface area contributed by atoms with Gasteiger partial charge >= 0.3 is 0 Å². The molecule has 2 N–H and O–H groups in total. The van der Waals surface area contributed by atoms with E-state index in [4.69, 9.17) is 0 Å². The molecule has 1 fully saturated rings. The maximum absolute atomic E-state index is 11.7. The minimum Gasteiger partial charge on any atom is -0.550 e. The minimum atomic E-state index is -0.906. The molecule has 0 spiro atoms. The van der Waals surface area contributed by atoms with Gasteiger partial charge in [0.25, 0.3) is 5.82 Å². The highest BCUT2D eigenvalue weighted by atomic mass is 16.4. The van der Waals surface area contributed by atoms with E-state index in [0.717, 1.165) is 29.7 Å². The predicted molar refractivity (Wildman–Crippen MR) is 73.6 cm³/mol. The van der Waals surface area contributed by atoms with Crippen molar-refractivity contribution >= 4 is 17.0 Å². The number of aromatic amines is 2. The number of carboxylic acid groups (broad SMARTS) is 1. The highest BCUT2D eigenvalue weighted by Crippen LogP contribution is 2.40. The zero-order valence-electron chi connectivity index (χ0n) is 11.7. The van der Waals surface area contributed by atoms with Crippen LogP contribution in [0.15, 0.2) is 24.3 Å². The van der Waals surface area contributed by atoms with Crippen LogP contribution < -0.4 is 10.1 Å². The van der Waals surface area contributed by atoms with E-state index in [2.05, 4.69) is 16.9 Å². The topological polar surface area (TPSA) is 70.1 Å². The van der Waals surface area contributed by atoms with Gasteiger partial charge in [-0.1, -0.05) is 19.1 Å². The molecule has 0 amide bonds. The lowest BCUT2D eigenvalue weighted by Crippen LogP contribution is -2.46. The molecule has 1 aliphatic rings. The van der Waals surface area contributed by atoms with Gasteiger partial charge in [0.05, 0.1) is 6.42 Å². The molecule has 0 saturated heterocycles. The number of carbonyl (C=O) groups excluding carboxylic acids is 1. The summed E-state index contributed by atoms with van der Waals surface area (Å²) in [5.74, 6) is 0.593. The highest BCUT2D eigenvalue weighted by Gasteiger charge is 2.38. The smallest absolute Gasteiger partial charge is 0.253 e. The van der Waals surface area contributed by atoms with E-state index >= 15 is 0 Å². The van der Waals surface area contributed by atoms with Crippen molar-refractivity contribution in [1.29, 1.82) is 0 Å². The van der Waals surface area contributed by atoms with E-state index in [1.807, 2.05) is 24.3 Å². The molecule has 1 heterocycles. The van der Waals surface area contributed by atoms with Gasteiger partial charge in [-0.3, -0.25) is 0 Å². The first-order valence-corrected chi connectivity index (χ1v) is 7.29. The second-order valence-electron chi connectivity index (χ2n) is 6.20. The maximum atomic E-state index is 11.7. The van der Waals surface area contributed by atoms with E-state index in [9.17, 15) is 9.90 Å². The molecular weight excluding hydrogens is 252 g/mol. The average molecular weight is 272 g/mol. The van der Waals surface area contributed by atoms with Crippen molar-refractivity contribution in [3.8, 4) is 0 Å². The maximum Gasteiger partial charge on any atom is 0.253 e. The lowest BCUT2D eigenvalue weighted by Gasteiger charge is -2.39. The number of benzene rings is 1. The van der Waals surface area contributed by atoms with Gasteiger partial charge in [-0.05, 0) is 43.7 Å². The number of rotatable bonds is 3. The molecule has 0 bridgehead atoms. The zero-order valence-corrected chi connectivity index (χ0v) is 11.7. The van der Waals surface area contributed by atoms with Gasteiger partial charge in [-0.25, -0.2) is 9.97 Å². The van der Waals surface area contributed by atoms with Crippen molar-refractivity contribution in [2.24, 2.45) is 11.3 Å². The van der Waals surface area contributed by atoms with E-state index in [-0.39, 0.29) is 0 Å². The van der Waals surface area contributed by atoms with Crippen molar-refractivity contribution in [3.05, 3.63) is 30.1 Å². The van der Waals surface area contributed by atoms with Crippen LogP contribution in [0.1, 0.15) is 38.4 Å². The average Bonchev–Trinajstić information content (AvgIpc) is 2.83. The SMILES string of the molecule is CC1CCC(Cc2[nH]c3ccccc3[nH+]2)(C(=O)[O-])CC1. The molecule has 20 heavy (non-hydrogen) atoms. The van der Waals surface area contributed by atoms with Crippen LogP contribution in [0.5, 0.6) is 0 Å². The van der Waals surface area contributed by atoms with Gasteiger partial charge in [0.1, 0.15) is 0 Å². The molecule has 0 aliphatic heterocycles. The van der Waals surface area contributed by atoms with E-state index in [1.54, 1.807) is 0 Å². The highest BCUT2D eigenvalue weighted by molar-refractivity contribution is 5.73. The Bertz CT molecular complexity index is 591. The number of hydrogen-bond donors (Lipinski definition) is 1. The number of imidazole rings is 1. The first-order valence-electron chi connectivity index (χ1n) is 7.29. The second-order valence-corrected chi connectivity index (χ2v) is 6.20. The summed E-state index contributed by atoms with van der Waals surface area (Å²) in [4.78, 5) is 18.2. The van der Waals surface area contributed by atoms with Crippen LogP contribution in [-0.2, 0) is 11.2 Å². The number of hydrogen-bond acceptors (Lipinski definition) is 2. The summed E-state index contributed by atoms with van der Waals surface area (Å²) in [6.45, 7) is 2.19. The molecular formula is C16H20N2O2. The molecule has 3 rings (SSSR count). The molecule has 106 valence electrons. The Hall–Kier alpha value is -1.84. The van der Waals surface area contributed by atoms with Crippen LogP contribution in [0.2, 0.25) is 0 Å². The Morgan fingerprint density at radius 3 is 2.75 bits per heavy atom. The lowest BCUT2D eigenvalue weighted by molar-refractivity contribution is -0.363. The molecule has 1 aromatic carbocycles. The summed E-state index contributed by atoms with van der Waals surface area (Å²) in [6.07, 6.45) is 3.85. The summed E-state index contributed by atoms with van der Waals surface area (Å²) in [6, 6.07) is 7.91. The van der Waals surface area contributed by atoms with Crippen LogP contribution in [0.4, 0.5) is 0 Å². The predicted octanol–water partition coefficient (Wildman–Crippen LogP) is 1.47. The standard InChI is InChI=1S/C16H20N2O2/c1-11-6-8-16(9-7-11,15(19)20)10-14-17-12-4-2-3-5-13(12)18-14/h2-5,11H,6-10H2,1H3,(H,17,18)(H,19,20). The minimum absolute atomic E-state index is 0.497. The van der Waals surface area contributed by atoms with Crippen molar-refractivity contribution in [2.75, 3.05) is 0 Å². The Kier molecular flexibility index (Phi) is 3.24. The normalized spacial score (nSPS) is 26.8. The van der Waals surface area contributed by atoms with Crippen LogP contribution in [-0.4, -0.2) is 11.0 Å². The Labute approximate surface area is 118 Å². The summed E-state index contributed by atoms with van der Waals surface area (Å²) in [5, 5.41) is 11.7. The number of aromatic nitrogens is 2.